The maximum absolute atomic E-state index is 11.5. The van der Waals surface area contributed by atoms with Gasteiger partial charge in [0, 0.05) is 11.5 Å². The summed E-state index contributed by atoms with van der Waals surface area (Å²) in [5, 5.41) is 11.5. The van der Waals surface area contributed by atoms with Gasteiger partial charge < -0.3 is 33.6 Å². The topological polar surface area (TPSA) is 20.2 Å². The lowest BCUT2D eigenvalue weighted by Crippen LogP contribution is -3.00. The Hall–Kier alpha value is -0.910. The van der Waals surface area contributed by atoms with E-state index in [0.29, 0.717) is 0 Å². The Balaban J connectivity index is 0.00000208. The van der Waals surface area contributed by atoms with Crippen molar-refractivity contribution in [1.29, 1.82) is 0 Å². The van der Waals surface area contributed by atoms with Crippen LogP contribution < -0.4 is 24.0 Å². The lowest BCUT2D eigenvalue weighted by atomic mass is 9.67. The highest BCUT2D eigenvalue weighted by molar-refractivity contribution is 5.36. The Labute approximate surface area is 163 Å². The van der Waals surface area contributed by atoms with E-state index in [4.69, 9.17) is 0 Å². The number of nitrogens with zero attached hydrogens (tertiary/aromatic N) is 1. The zero-order valence-corrected chi connectivity index (χ0v) is 17.2. The minimum atomic E-state index is -0.805. The van der Waals surface area contributed by atoms with Crippen molar-refractivity contribution in [3.8, 4) is 0 Å². The van der Waals surface area contributed by atoms with Gasteiger partial charge in [-0.2, -0.15) is 0 Å². The third kappa shape index (κ3) is 3.53. The molecule has 0 fully saturated rings. The molecule has 2 nitrogen and oxygen atoms in total. The quantitative estimate of drug-likeness (QED) is 0.559. The van der Waals surface area contributed by atoms with E-state index in [9.17, 15) is 5.11 Å². The van der Waals surface area contributed by atoms with Gasteiger partial charge in [-0.1, -0.05) is 54.6 Å². The second-order valence-corrected chi connectivity index (χ2v) is 7.92. The summed E-state index contributed by atoms with van der Waals surface area (Å²) in [5.74, 6) is 0.194. The van der Waals surface area contributed by atoms with Crippen molar-refractivity contribution < 1.29 is 33.6 Å². The maximum Gasteiger partial charge on any atom is 0.120 e. The summed E-state index contributed by atoms with van der Waals surface area (Å²) in [4.78, 5) is 0. The van der Waals surface area contributed by atoms with Gasteiger partial charge in [0.05, 0.1) is 26.7 Å². The largest absolute Gasteiger partial charge is 1.00 e. The molecule has 1 aliphatic rings. The first-order valence-corrected chi connectivity index (χ1v) is 8.48. The fourth-order valence-electron chi connectivity index (χ4n) is 4.36. The van der Waals surface area contributed by atoms with Crippen LogP contribution in [0.5, 0.6) is 0 Å². The van der Waals surface area contributed by atoms with Gasteiger partial charge in [-0.25, -0.2) is 0 Å². The Morgan fingerprint density at radius 3 is 2.21 bits per heavy atom. The smallest absolute Gasteiger partial charge is 0.120 e. The number of aryl methyl sites for hydroxylation is 1. The number of quaternary nitrogens is 1. The molecular formula is C21H28INO. The molecule has 0 saturated heterocycles. The third-order valence-corrected chi connectivity index (χ3v) is 5.37. The third-order valence-electron chi connectivity index (χ3n) is 5.37. The van der Waals surface area contributed by atoms with Crippen LogP contribution in [0.2, 0.25) is 0 Å². The van der Waals surface area contributed by atoms with E-state index in [0.717, 1.165) is 22.9 Å². The Morgan fingerprint density at radius 2 is 1.58 bits per heavy atom. The molecule has 0 bridgehead atoms. The van der Waals surface area contributed by atoms with Crippen molar-refractivity contribution >= 4 is 0 Å². The molecule has 0 unspecified atom stereocenters. The number of aliphatic hydroxyl groups is 1. The molecule has 0 radical (unpaired) electrons. The zero-order valence-electron chi connectivity index (χ0n) is 15.0. The average molecular weight is 437 g/mol. The summed E-state index contributed by atoms with van der Waals surface area (Å²) < 4.78 is 0.812. The Kier molecular flexibility index (Phi) is 5.78. The van der Waals surface area contributed by atoms with Crippen LogP contribution in [0.25, 0.3) is 0 Å². The van der Waals surface area contributed by atoms with Crippen LogP contribution in [0.15, 0.2) is 54.6 Å². The molecule has 0 amide bonds. The molecule has 1 aliphatic carbocycles. The van der Waals surface area contributed by atoms with Crippen molar-refractivity contribution in [2.75, 3.05) is 21.1 Å². The van der Waals surface area contributed by atoms with Crippen LogP contribution in [0.1, 0.15) is 36.1 Å². The van der Waals surface area contributed by atoms with Crippen molar-refractivity contribution in [2.24, 2.45) is 5.92 Å². The van der Waals surface area contributed by atoms with Crippen LogP contribution >= 0.6 is 0 Å². The Morgan fingerprint density at radius 1 is 1.00 bits per heavy atom. The molecule has 24 heavy (non-hydrogen) atoms. The molecule has 0 spiro atoms. The molecule has 130 valence electrons. The molecule has 2 aromatic carbocycles. The summed E-state index contributed by atoms with van der Waals surface area (Å²) in [6, 6.07) is 19.3. The molecular weight excluding hydrogens is 409 g/mol. The predicted molar refractivity (Wildman–Crippen MR) is 95.0 cm³/mol. The van der Waals surface area contributed by atoms with Gasteiger partial charge in [0.2, 0.25) is 0 Å². The van der Waals surface area contributed by atoms with E-state index in [-0.39, 0.29) is 35.9 Å². The first-order valence-electron chi connectivity index (χ1n) is 8.48. The molecule has 0 saturated carbocycles. The van der Waals surface area contributed by atoms with Crippen molar-refractivity contribution in [3.05, 3.63) is 71.3 Å². The second-order valence-electron chi connectivity index (χ2n) is 7.92. The molecule has 3 atom stereocenters. The van der Waals surface area contributed by atoms with Gasteiger partial charge >= 0.3 is 0 Å². The monoisotopic (exact) mass is 437 g/mol. The number of benzene rings is 2. The van der Waals surface area contributed by atoms with Crippen LogP contribution in [0.4, 0.5) is 0 Å². The minimum Gasteiger partial charge on any atom is -1.00 e. The van der Waals surface area contributed by atoms with Gasteiger partial charge in [0.15, 0.2) is 0 Å². The number of halogens is 1. The lowest BCUT2D eigenvalue weighted by Gasteiger charge is -2.47. The predicted octanol–water partition coefficient (Wildman–Crippen LogP) is 0.908. The first kappa shape index (κ1) is 19.4. The molecule has 3 heteroatoms. The highest BCUT2D eigenvalue weighted by Crippen LogP contribution is 2.48. The minimum absolute atomic E-state index is 0. The summed E-state index contributed by atoms with van der Waals surface area (Å²) in [6.45, 7) is 2.00. The summed E-state index contributed by atoms with van der Waals surface area (Å²) in [7, 11) is 6.69. The van der Waals surface area contributed by atoms with Crippen molar-refractivity contribution in [3.63, 3.8) is 0 Å². The van der Waals surface area contributed by atoms with E-state index in [2.05, 4.69) is 69.7 Å². The van der Waals surface area contributed by atoms with E-state index in [1.54, 1.807) is 0 Å². The summed E-state index contributed by atoms with van der Waals surface area (Å²) >= 11 is 0. The molecule has 0 aliphatic heterocycles. The number of rotatable bonds is 3. The lowest BCUT2D eigenvalue weighted by molar-refractivity contribution is -0.908. The van der Waals surface area contributed by atoms with E-state index >= 15 is 0 Å². The van der Waals surface area contributed by atoms with Crippen molar-refractivity contribution in [2.45, 2.75) is 31.4 Å². The van der Waals surface area contributed by atoms with Gasteiger partial charge in [0.25, 0.3) is 0 Å². The van der Waals surface area contributed by atoms with E-state index in [1.807, 2.05) is 13.0 Å². The van der Waals surface area contributed by atoms with Crippen LogP contribution in [0, 0.1) is 5.92 Å². The highest BCUT2D eigenvalue weighted by atomic mass is 127. The molecule has 0 heterocycles. The highest BCUT2D eigenvalue weighted by Gasteiger charge is 2.48. The number of hydrogen-bond acceptors (Lipinski definition) is 1. The van der Waals surface area contributed by atoms with Crippen LogP contribution in [-0.4, -0.2) is 30.7 Å². The van der Waals surface area contributed by atoms with E-state index in [1.165, 1.54) is 11.1 Å². The van der Waals surface area contributed by atoms with Crippen LogP contribution in [0.3, 0.4) is 0 Å². The number of fused-ring (bicyclic) bond motifs is 1. The maximum atomic E-state index is 11.5. The molecule has 3 rings (SSSR count). The summed E-state index contributed by atoms with van der Waals surface area (Å²) in [6.07, 6.45) is 2.05. The normalized spacial score (nSPS) is 24.6. The average Bonchev–Trinajstić information content (AvgIpc) is 2.50. The van der Waals surface area contributed by atoms with E-state index < -0.39 is 5.60 Å². The van der Waals surface area contributed by atoms with Gasteiger partial charge in [-0.05, 0) is 30.9 Å². The molecule has 1 N–H and O–H groups in total. The fourth-order valence-corrected chi connectivity index (χ4v) is 4.36. The summed E-state index contributed by atoms with van der Waals surface area (Å²) in [5.41, 5.74) is 2.90. The molecule has 0 aromatic heterocycles. The standard InChI is InChI=1S/C21H28NO.HI/c1-21(23)18-13-9-8-10-16(18)14-15-19(21)20(22(2,3)4)17-11-6-5-7-12-17;/h5-13,19-20,23H,14-15H2,1-4H3;1H/q+1;/p-1/t19-,20-,21+;/m0./s1. The van der Waals surface area contributed by atoms with Crippen LogP contribution in [-0.2, 0) is 12.0 Å². The Bertz CT molecular complexity index is 676. The van der Waals surface area contributed by atoms with Crippen molar-refractivity contribution in [1.82, 2.24) is 0 Å². The van der Waals surface area contributed by atoms with Gasteiger partial charge in [0.1, 0.15) is 6.04 Å². The second kappa shape index (κ2) is 7.14. The number of hydrogen-bond donors (Lipinski definition) is 1. The SMILES string of the molecule is C[C@@]1(O)c2ccccc2CC[C@H]1[C@H](c1ccccc1)[N+](C)(C)C.[I-]. The fraction of sp³-hybridized carbons (Fsp3) is 0.429. The van der Waals surface area contributed by atoms with Gasteiger partial charge in [-0.3, -0.25) is 0 Å². The molecule has 2 aromatic rings. The first-order chi connectivity index (χ1) is 10.8. The zero-order chi connectivity index (χ0) is 16.7. The van der Waals surface area contributed by atoms with Gasteiger partial charge in [-0.15, -0.1) is 0 Å².